The van der Waals surface area contributed by atoms with Crippen molar-refractivity contribution in [2.24, 2.45) is 0 Å². The Kier molecular flexibility index (Phi) is 5.28. The molecule has 0 radical (unpaired) electrons. The highest BCUT2D eigenvalue weighted by Crippen LogP contribution is 2.21. The Labute approximate surface area is 151 Å². The molecule has 0 atom stereocenters. The van der Waals surface area contributed by atoms with Crippen LogP contribution in [0.15, 0.2) is 60.8 Å². The van der Waals surface area contributed by atoms with Crippen molar-refractivity contribution < 1.29 is 9.53 Å². The van der Waals surface area contributed by atoms with Crippen molar-refractivity contribution >= 4 is 34.7 Å². The molecule has 0 aliphatic carbocycles. The first-order valence-electron chi connectivity index (χ1n) is 8.01. The quantitative estimate of drug-likeness (QED) is 0.625. The molecule has 0 aliphatic heterocycles. The zero-order chi connectivity index (χ0) is 18.4. The van der Waals surface area contributed by atoms with E-state index in [0.717, 1.165) is 17.1 Å². The van der Waals surface area contributed by atoms with E-state index >= 15 is 0 Å². The number of ether oxygens (including phenoxy) is 1. The summed E-state index contributed by atoms with van der Waals surface area (Å²) in [6.45, 7) is 1.47. The number of amides is 1. The zero-order valence-electron chi connectivity index (χ0n) is 14.5. The number of benzene rings is 2. The number of hydrogen-bond acceptors (Lipinski definition) is 6. The number of carbonyl (C=O) groups excluding carboxylic acids is 1. The fourth-order valence-electron chi connectivity index (χ4n) is 2.32. The second-order valence-electron chi connectivity index (χ2n) is 5.51. The molecular weight excluding hydrogens is 330 g/mol. The Hall–Kier alpha value is -3.61. The van der Waals surface area contributed by atoms with Gasteiger partial charge in [-0.05, 0) is 48.5 Å². The van der Waals surface area contributed by atoms with Crippen LogP contribution in [0.3, 0.4) is 0 Å². The van der Waals surface area contributed by atoms with Crippen molar-refractivity contribution in [3.05, 3.63) is 60.8 Å². The molecule has 2 aromatic carbocycles. The van der Waals surface area contributed by atoms with Crippen molar-refractivity contribution in [2.75, 3.05) is 23.1 Å². The average Bonchev–Trinajstić information content (AvgIpc) is 2.62. The maximum Gasteiger partial charge on any atom is 0.229 e. The average molecular weight is 349 g/mol. The number of anilines is 5. The van der Waals surface area contributed by atoms with E-state index in [1.807, 2.05) is 48.5 Å². The lowest BCUT2D eigenvalue weighted by atomic mass is 10.2. The smallest absolute Gasteiger partial charge is 0.229 e. The molecule has 0 saturated heterocycles. The number of aromatic nitrogens is 2. The molecule has 0 bridgehead atoms. The number of hydrogen-bond donors (Lipinski definition) is 3. The van der Waals surface area contributed by atoms with Crippen molar-refractivity contribution in [3.63, 3.8) is 0 Å². The summed E-state index contributed by atoms with van der Waals surface area (Å²) in [6.07, 6.45) is 1.67. The van der Waals surface area contributed by atoms with Crippen LogP contribution in [0.1, 0.15) is 6.92 Å². The minimum Gasteiger partial charge on any atom is -0.497 e. The predicted octanol–water partition coefficient (Wildman–Crippen LogP) is 3.93. The molecule has 0 aliphatic rings. The molecule has 1 amide bonds. The molecule has 26 heavy (non-hydrogen) atoms. The molecule has 7 nitrogen and oxygen atoms in total. The molecule has 1 aromatic heterocycles. The summed E-state index contributed by atoms with van der Waals surface area (Å²) in [6, 6.07) is 16.7. The van der Waals surface area contributed by atoms with Gasteiger partial charge >= 0.3 is 0 Å². The van der Waals surface area contributed by atoms with Crippen LogP contribution < -0.4 is 20.7 Å². The largest absolute Gasteiger partial charge is 0.497 e. The van der Waals surface area contributed by atoms with E-state index in [9.17, 15) is 4.79 Å². The molecule has 0 saturated carbocycles. The molecule has 7 heteroatoms. The van der Waals surface area contributed by atoms with Crippen molar-refractivity contribution in [3.8, 4) is 5.75 Å². The van der Waals surface area contributed by atoms with Crippen LogP contribution in [0.25, 0.3) is 0 Å². The summed E-state index contributed by atoms with van der Waals surface area (Å²) in [5, 5.41) is 9.09. The Morgan fingerprint density at radius 3 is 2.46 bits per heavy atom. The third-order valence-electron chi connectivity index (χ3n) is 3.46. The van der Waals surface area contributed by atoms with Gasteiger partial charge in [0.1, 0.15) is 11.6 Å². The van der Waals surface area contributed by atoms with Crippen molar-refractivity contribution in [1.29, 1.82) is 0 Å². The molecule has 3 rings (SSSR count). The van der Waals surface area contributed by atoms with Crippen LogP contribution in [0.5, 0.6) is 5.75 Å². The van der Waals surface area contributed by atoms with E-state index in [1.165, 1.54) is 6.92 Å². The highest BCUT2D eigenvalue weighted by atomic mass is 16.5. The van der Waals surface area contributed by atoms with E-state index in [0.29, 0.717) is 17.5 Å². The maximum atomic E-state index is 11.2. The number of nitrogens with one attached hydrogen (secondary N) is 3. The van der Waals surface area contributed by atoms with Gasteiger partial charge in [-0.3, -0.25) is 4.79 Å². The second kappa shape index (κ2) is 7.98. The van der Waals surface area contributed by atoms with Gasteiger partial charge in [-0.2, -0.15) is 4.98 Å². The van der Waals surface area contributed by atoms with Gasteiger partial charge < -0.3 is 20.7 Å². The number of methoxy groups -OCH3 is 1. The number of carbonyl (C=O) groups is 1. The lowest BCUT2D eigenvalue weighted by Crippen LogP contribution is -2.06. The normalized spacial score (nSPS) is 10.1. The minimum atomic E-state index is -0.121. The molecule has 0 unspecified atom stereocenters. The topological polar surface area (TPSA) is 88.2 Å². The van der Waals surface area contributed by atoms with E-state index < -0.39 is 0 Å². The summed E-state index contributed by atoms with van der Waals surface area (Å²) in [5.41, 5.74) is 2.37. The van der Waals surface area contributed by atoms with Gasteiger partial charge in [0.05, 0.1) is 7.11 Å². The molecule has 3 N–H and O–H groups in total. The van der Waals surface area contributed by atoms with Crippen molar-refractivity contribution in [1.82, 2.24) is 9.97 Å². The standard InChI is InChI=1S/C19H19N5O2/c1-13(25)21-15-4-3-5-16(12-15)23-19-20-11-10-18(24-19)22-14-6-8-17(26-2)9-7-14/h3-12H,1-2H3,(H,21,25)(H2,20,22,23,24). The van der Waals surface area contributed by atoms with Crippen LogP contribution in [0.4, 0.5) is 28.8 Å². The predicted molar refractivity (Wildman–Crippen MR) is 102 cm³/mol. The Morgan fingerprint density at radius 2 is 1.73 bits per heavy atom. The van der Waals surface area contributed by atoms with E-state index in [1.54, 1.807) is 19.4 Å². The highest BCUT2D eigenvalue weighted by molar-refractivity contribution is 5.89. The van der Waals surface area contributed by atoms with E-state index in [-0.39, 0.29) is 5.91 Å². The highest BCUT2D eigenvalue weighted by Gasteiger charge is 2.03. The summed E-state index contributed by atoms with van der Waals surface area (Å²) in [7, 11) is 1.63. The van der Waals surface area contributed by atoms with Gasteiger partial charge in [-0.25, -0.2) is 4.98 Å². The van der Waals surface area contributed by atoms with Crippen LogP contribution in [-0.4, -0.2) is 23.0 Å². The van der Waals surface area contributed by atoms with Gasteiger partial charge in [-0.1, -0.05) is 6.07 Å². The lowest BCUT2D eigenvalue weighted by molar-refractivity contribution is -0.114. The van der Waals surface area contributed by atoms with E-state index in [2.05, 4.69) is 25.9 Å². The molecule has 132 valence electrons. The molecule has 0 fully saturated rings. The first kappa shape index (κ1) is 17.2. The van der Waals surface area contributed by atoms with Crippen LogP contribution in [-0.2, 0) is 4.79 Å². The minimum absolute atomic E-state index is 0.121. The third-order valence-corrected chi connectivity index (χ3v) is 3.46. The van der Waals surface area contributed by atoms with Crippen LogP contribution >= 0.6 is 0 Å². The van der Waals surface area contributed by atoms with Crippen molar-refractivity contribution in [2.45, 2.75) is 6.92 Å². The Balaban J connectivity index is 1.71. The maximum absolute atomic E-state index is 11.2. The summed E-state index contributed by atoms with van der Waals surface area (Å²) in [4.78, 5) is 19.8. The van der Waals surface area contributed by atoms with Gasteiger partial charge in [0.25, 0.3) is 0 Å². The zero-order valence-corrected chi connectivity index (χ0v) is 14.5. The lowest BCUT2D eigenvalue weighted by Gasteiger charge is -2.10. The molecular formula is C19H19N5O2. The van der Waals surface area contributed by atoms with Gasteiger partial charge in [0.15, 0.2) is 0 Å². The Bertz CT molecular complexity index is 896. The summed E-state index contributed by atoms with van der Waals surface area (Å²) < 4.78 is 5.15. The van der Waals surface area contributed by atoms with Gasteiger partial charge in [0, 0.05) is 30.2 Å². The number of nitrogens with zero attached hydrogens (tertiary/aromatic N) is 2. The van der Waals surface area contributed by atoms with E-state index in [4.69, 9.17) is 4.74 Å². The van der Waals surface area contributed by atoms with Gasteiger partial charge in [0.2, 0.25) is 11.9 Å². The second-order valence-corrected chi connectivity index (χ2v) is 5.51. The monoisotopic (exact) mass is 349 g/mol. The summed E-state index contributed by atoms with van der Waals surface area (Å²) in [5.74, 6) is 1.78. The molecule has 3 aromatic rings. The van der Waals surface area contributed by atoms with Gasteiger partial charge in [-0.15, -0.1) is 0 Å². The number of rotatable bonds is 6. The van der Waals surface area contributed by atoms with Crippen LogP contribution in [0.2, 0.25) is 0 Å². The fourth-order valence-corrected chi connectivity index (χ4v) is 2.32. The summed E-state index contributed by atoms with van der Waals surface area (Å²) >= 11 is 0. The Morgan fingerprint density at radius 1 is 0.962 bits per heavy atom. The fraction of sp³-hybridized carbons (Fsp3) is 0.105. The third kappa shape index (κ3) is 4.70. The first-order valence-corrected chi connectivity index (χ1v) is 8.01. The van der Waals surface area contributed by atoms with Crippen LogP contribution in [0, 0.1) is 0 Å². The SMILES string of the molecule is COc1ccc(Nc2ccnc(Nc3cccc(NC(C)=O)c3)n2)cc1. The molecule has 0 spiro atoms. The molecule has 1 heterocycles. The first-order chi connectivity index (χ1) is 12.6.